The van der Waals surface area contributed by atoms with Crippen LogP contribution in [0.3, 0.4) is 0 Å². The highest BCUT2D eigenvalue weighted by Gasteiger charge is 2.42. The first-order chi connectivity index (χ1) is 15.5. The third kappa shape index (κ3) is 8.33. The monoisotopic (exact) mass is 470 g/mol. The molecule has 3 rings (SSSR count). The van der Waals surface area contributed by atoms with Crippen molar-refractivity contribution in [1.29, 1.82) is 0 Å². The number of urea groups is 1. The molecule has 0 aromatic heterocycles. The average molecular weight is 471 g/mol. The second kappa shape index (κ2) is 14.0. The highest BCUT2D eigenvalue weighted by Crippen LogP contribution is 2.33. The zero-order chi connectivity index (χ0) is 23.3. The van der Waals surface area contributed by atoms with Gasteiger partial charge in [-0.25, -0.2) is 9.59 Å². The first kappa shape index (κ1) is 26.0. The molecular formula is C21H34N4O6S. The van der Waals surface area contributed by atoms with Gasteiger partial charge in [-0.05, 0) is 19.3 Å². The van der Waals surface area contributed by atoms with Gasteiger partial charge in [0.2, 0.25) is 6.41 Å². The summed E-state index contributed by atoms with van der Waals surface area (Å²) >= 11 is 2.01. The molecule has 0 aromatic rings. The molecule has 10 nitrogen and oxygen atoms in total. The smallest absolute Gasteiger partial charge is 0.333 e. The predicted octanol–water partition coefficient (Wildman–Crippen LogP) is 1.63. The Labute approximate surface area is 192 Å². The molecule has 3 aliphatic heterocycles. The molecule has 3 N–H and O–H groups in total. The fourth-order valence-electron chi connectivity index (χ4n) is 3.78. The summed E-state index contributed by atoms with van der Waals surface area (Å²) in [5.74, 6) is -0.436. The molecule has 3 atom stereocenters. The molecule has 11 heteroatoms. The number of carbonyl (C=O) groups is 5. The number of hydroxylamine groups is 2. The third-order valence-electron chi connectivity index (χ3n) is 5.51. The van der Waals surface area contributed by atoms with Crippen molar-refractivity contribution in [1.82, 2.24) is 21.0 Å². The number of rotatable bonds is 12. The van der Waals surface area contributed by atoms with Crippen LogP contribution in [0, 0.1) is 0 Å². The second-order valence-electron chi connectivity index (χ2n) is 8.05. The molecule has 5 amide bonds. The minimum absolute atomic E-state index is 0.0285. The first-order valence-electron chi connectivity index (χ1n) is 11.4. The Morgan fingerprint density at radius 3 is 2.56 bits per heavy atom. The predicted molar refractivity (Wildman–Crippen MR) is 119 cm³/mol. The lowest BCUT2D eigenvalue weighted by atomic mass is 10.0. The van der Waals surface area contributed by atoms with E-state index in [4.69, 9.17) is 0 Å². The molecule has 0 aliphatic carbocycles. The highest BCUT2D eigenvalue weighted by molar-refractivity contribution is 8.00. The molecule has 0 spiro atoms. The van der Waals surface area contributed by atoms with E-state index in [1.807, 2.05) is 11.8 Å². The maximum absolute atomic E-state index is 11.3. The van der Waals surface area contributed by atoms with Crippen LogP contribution in [0.1, 0.15) is 71.1 Å². The van der Waals surface area contributed by atoms with Gasteiger partial charge in [-0.2, -0.15) is 11.8 Å². The molecule has 0 saturated carbocycles. The van der Waals surface area contributed by atoms with Crippen LogP contribution >= 0.6 is 11.8 Å². The van der Waals surface area contributed by atoms with E-state index >= 15 is 0 Å². The van der Waals surface area contributed by atoms with Gasteiger partial charge in [0.1, 0.15) is 0 Å². The van der Waals surface area contributed by atoms with E-state index in [1.165, 1.54) is 25.7 Å². The van der Waals surface area contributed by atoms with E-state index < -0.39 is 17.8 Å². The molecule has 3 aliphatic rings. The number of nitrogens with one attached hydrogen (secondary N) is 3. The highest BCUT2D eigenvalue weighted by atomic mass is 32.2. The van der Waals surface area contributed by atoms with Gasteiger partial charge in [0.05, 0.1) is 12.1 Å². The SMILES string of the molecule is CCCCCC1SCC2NC(=O)NC21.O=CNCCCCCC(=O)ON1C(=O)CCC1=O. The first-order valence-corrected chi connectivity index (χ1v) is 12.4. The Hall–Kier alpha value is -2.30. The lowest BCUT2D eigenvalue weighted by molar-refractivity contribution is -0.197. The van der Waals surface area contributed by atoms with Crippen molar-refractivity contribution >= 4 is 42.0 Å². The number of fused-ring (bicyclic) bond motifs is 1. The van der Waals surface area contributed by atoms with Crippen LogP contribution in [0.4, 0.5) is 4.79 Å². The van der Waals surface area contributed by atoms with Gasteiger partial charge >= 0.3 is 12.0 Å². The van der Waals surface area contributed by atoms with Crippen molar-refractivity contribution in [3.8, 4) is 0 Å². The van der Waals surface area contributed by atoms with Crippen molar-refractivity contribution in [3.63, 3.8) is 0 Å². The number of hydrogen-bond acceptors (Lipinski definition) is 7. The van der Waals surface area contributed by atoms with Crippen LogP contribution in [0.2, 0.25) is 0 Å². The fraction of sp³-hybridized carbons (Fsp3) is 0.762. The largest absolute Gasteiger partial charge is 0.359 e. The normalized spacial score (nSPS) is 23.7. The standard InChI is InChI=1S/C11H16N2O5.C10H18N2OS/c14-8-12-7-3-1-2-4-11(17)18-13-9(15)5-6-10(13)16;1-2-3-4-5-8-9-7(6-14-8)11-10(13)12-9/h8H,1-7H2,(H,12,14);7-9H,2-6H2,1H3,(H2,11,12,13). The maximum Gasteiger partial charge on any atom is 0.333 e. The van der Waals surface area contributed by atoms with Crippen LogP contribution in [-0.2, 0) is 24.0 Å². The molecule has 0 bridgehead atoms. The van der Waals surface area contributed by atoms with E-state index in [9.17, 15) is 24.0 Å². The van der Waals surface area contributed by atoms with Gasteiger partial charge in [-0.15, -0.1) is 5.06 Å². The number of thioether (sulfide) groups is 1. The number of carbonyl (C=O) groups excluding carboxylic acids is 5. The van der Waals surface area contributed by atoms with Crippen LogP contribution in [0.5, 0.6) is 0 Å². The lowest BCUT2D eigenvalue weighted by Gasteiger charge is -2.16. The Kier molecular flexibility index (Phi) is 11.3. The fourth-order valence-corrected chi connectivity index (χ4v) is 5.32. The number of hydrogen-bond donors (Lipinski definition) is 3. The zero-order valence-electron chi connectivity index (χ0n) is 18.6. The van der Waals surface area contributed by atoms with Crippen LogP contribution in [0.15, 0.2) is 0 Å². The second-order valence-corrected chi connectivity index (χ2v) is 9.32. The van der Waals surface area contributed by atoms with E-state index in [-0.39, 0.29) is 25.3 Å². The van der Waals surface area contributed by atoms with E-state index in [1.54, 1.807) is 0 Å². The number of unbranched alkanes of at least 4 members (excludes halogenated alkanes) is 4. The lowest BCUT2D eigenvalue weighted by Crippen LogP contribution is -2.36. The van der Waals surface area contributed by atoms with Gasteiger partial charge in [0.15, 0.2) is 0 Å². The van der Waals surface area contributed by atoms with Crippen LogP contribution in [-0.4, -0.2) is 64.9 Å². The van der Waals surface area contributed by atoms with Crippen molar-refractivity contribution in [3.05, 3.63) is 0 Å². The maximum atomic E-state index is 11.3. The molecular weight excluding hydrogens is 436 g/mol. The number of nitrogens with zero attached hydrogens (tertiary/aromatic N) is 1. The summed E-state index contributed by atoms with van der Waals surface area (Å²) in [6.07, 6.45) is 8.24. The van der Waals surface area contributed by atoms with Crippen LogP contribution < -0.4 is 16.0 Å². The van der Waals surface area contributed by atoms with Crippen molar-refractivity contribution in [2.24, 2.45) is 0 Å². The molecule has 3 fully saturated rings. The van der Waals surface area contributed by atoms with Crippen LogP contribution in [0.25, 0.3) is 0 Å². The van der Waals surface area contributed by atoms with Gasteiger partial charge in [0.25, 0.3) is 11.8 Å². The third-order valence-corrected chi connectivity index (χ3v) is 7.02. The molecule has 3 unspecified atom stereocenters. The van der Waals surface area contributed by atoms with E-state index in [0.29, 0.717) is 41.8 Å². The van der Waals surface area contributed by atoms with E-state index in [0.717, 1.165) is 18.6 Å². The number of imide groups is 1. The van der Waals surface area contributed by atoms with Gasteiger partial charge in [-0.1, -0.05) is 32.6 Å². The molecule has 3 heterocycles. The quantitative estimate of drug-likeness (QED) is 0.171. The molecule has 0 radical (unpaired) electrons. The minimum atomic E-state index is -0.582. The average Bonchev–Trinajstić information content (AvgIpc) is 3.42. The summed E-state index contributed by atoms with van der Waals surface area (Å²) in [5.41, 5.74) is 0. The molecule has 32 heavy (non-hydrogen) atoms. The van der Waals surface area contributed by atoms with Crippen molar-refractivity contribution in [2.45, 2.75) is 88.5 Å². The molecule has 0 aromatic carbocycles. The van der Waals surface area contributed by atoms with Gasteiger partial charge in [0, 0.05) is 36.8 Å². The Balaban J connectivity index is 0.000000233. The van der Waals surface area contributed by atoms with Crippen molar-refractivity contribution < 1.29 is 28.8 Å². The van der Waals surface area contributed by atoms with E-state index in [2.05, 4.69) is 27.7 Å². The Morgan fingerprint density at radius 1 is 1.12 bits per heavy atom. The Morgan fingerprint density at radius 2 is 1.88 bits per heavy atom. The summed E-state index contributed by atoms with van der Waals surface area (Å²) in [6.45, 7) is 2.80. The summed E-state index contributed by atoms with van der Waals surface area (Å²) in [7, 11) is 0. The minimum Gasteiger partial charge on any atom is -0.359 e. The zero-order valence-corrected chi connectivity index (χ0v) is 19.4. The molecule has 180 valence electrons. The summed E-state index contributed by atoms with van der Waals surface area (Å²) in [5, 5.41) is 9.70. The van der Waals surface area contributed by atoms with Gasteiger partial charge in [-0.3, -0.25) is 14.4 Å². The van der Waals surface area contributed by atoms with Gasteiger partial charge < -0.3 is 20.8 Å². The summed E-state index contributed by atoms with van der Waals surface area (Å²) in [6, 6.07) is 0.810. The number of amides is 5. The Bertz CT molecular complexity index is 661. The summed E-state index contributed by atoms with van der Waals surface area (Å²) in [4.78, 5) is 59.4. The topological polar surface area (TPSA) is 134 Å². The van der Waals surface area contributed by atoms with Crippen molar-refractivity contribution in [2.75, 3.05) is 12.3 Å². The molecule has 3 saturated heterocycles. The summed E-state index contributed by atoms with van der Waals surface area (Å²) < 4.78 is 0.